The lowest BCUT2D eigenvalue weighted by atomic mass is 10.1. The molecule has 0 fully saturated rings. The van der Waals surface area contributed by atoms with Crippen LogP contribution >= 0.6 is 47.8 Å². The van der Waals surface area contributed by atoms with E-state index in [4.69, 9.17) is 0 Å². The fourth-order valence-corrected chi connectivity index (χ4v) is 3.55. The van der Waals surface area contributed by atoms with Crippen molar-refractivity contribution in [2.45, 2.75) is 19.9 Å². The number of aryl methyl sites for hydroxylation is 1. The number of hydrogen-bond donors (Lipinski definition) is 1. The van der Waals surface area contributed by atoms with Gasteiger partial charge in [0.05, 0.1) is 0 Å². The first-order chi connectivity index (χ1) is 8.97. The Labute approximate surface area is 139 Å². The second-order valence-corrected chi connectivity index (χ2v) is 7.12. The van der Waals surface area contributed by atoms with Crippen LogP contribution in [0.1, 0.15) is 24.1 Å². The molecule has 1 nitrogen and oxygen atoms in total. The fraction of sp³-hybridized carbons (Fsp3) is 0.200. The van der Waals surface area contributed by atoms with E-state index in [1.54, 1.807) is 0 Å². The van der Waals surface area contributed by atoms with Gasteiger partial charge in [-0.3, -0.25) is 0 Å². The Morgan fingerprint density at radius 1 is 0.947 bits per heavy atom. The molecule has 0 heterocycles. The summed E-state index contributed by atoms with van der Waals surface area (Å²) < 4.78 is 3.32. The van der Waals surface area contributed by atoms with E-state index >= 15 is 0 Å². The third-order valence-electron chi connectivity index (χ3n) is 2.97. The van der Waals surface area contributed by atoms with Crippen LogP contribution in [-0.2, 0) is 0 Å². The minimum Gasteiger partial charge on any atom is -0.378 e. The van der Waals surface area contributed by atoms with E-state index in [-0.39, 0.29) is 6.04 Å². The van der Waals surface area contributed by atoms with Crippen LogP contribution in [0.25, 0.3) is 0 Å². The van der Waals surface area contributed by atoms with Gasteiger partial charge in [0, 0.05) is 25.1 Å². The van der Waals surface area contributed by atoms with Gasteiger partial charge in [-0.2, -0.15) is 0 Å². The topological polar surface area (TPSA) is 12.0 Å². The largest absolute Gasteiger partial charge is 0.378 e. The molecule has 0 aliphatic heterocycles. The first-order valence-corrected chi connectivity index (χ1v) is 8.33. The Morgan fingerprint density at radius 3 is 2.32 bits per heavy atom. The van der Waals surface area contributed by atoms with E-state index in [0.717, 1.165) is 19.1 Å². The summed E-state index contributed by atoms with van der Waals surface area (Å²) in [7, 11) is 0. The molecule has 1 N–H and O–H groups in total. The number of hydrogen-bond acceptors (Lipinski definition) is 1. The van der Waals surface area contributed by atoms with E-state index in [9.17, 15) is 0 Å². The molecular weight excluding hydrogens is 434 g/mol. The molecule has 1 atom stereocenters. The Hall–Kier alpha value is -0.320. The molecule has 0 aliphatic carbocycles. The van der Waals surface area contributed by atoms with Crippen LogP contribution in [0.4, 0.5) is 5.69 Å². The average Bonchev–Trinajstić information content (AvgIpc) is 2.33. The molecular formula is C15H14Br3N. The van der Waals surface area contributed by atoms with Crippen LogP contribution in [0.3, 0.4) is 0 Å². The van der Waals surface area contributed by atoms with Gasteiger partial charge in [-0.25, -0.2) is 0 Å². The molecule has 0 saturated heterocycles. The summed E-state index contributed by atoms with van der Waals surface area (Å²) in [6, 6.07) is 12.8. The highest BCUT2D eigenvalue weighted by atomic mass is 79.9. The van der Waals surface area contributed by atoms with Crippen molar-refractivity contribution in [1.82, 2.24) is 0 Å². The second kappa shape index (κ2) is 6.42. The van der Waals surface area contributed by atoms with Crippen LogP contribution in [-0.4, -0.2) is 0 Å². The molecule has 0 amide bonds. The van der Waals surface area contributed by atoms with Crippen LogP contribution in [0.2, 0.25) is 0 Å². The van der Waals surface area contributed by atoms with Gasteiger partial charge < -0.3 is 5.32 Å². The van der Waals surface area contributed by atoms with Gasteiger partial charge in [0.25, 0.3) is 0 Å². The highest BCUT2D eigenvalue weighted by Crippen LogP contribution is 2.29. The maximum atomic E-state index is 3.61. The normalized spacial score (nSPS) is 12.3. The lowest BCUT2D eigenvalue weighted by Gasteiger charge is -2.18. The van der Waals surface area contributed by atoms with E-state index < -0.39 is 0 Å². The highest BCUT2D eigenvalue weighted by Gasteiger charge is 2.10. The molecule has 4 heteroatoms. The summed E-state index contributed by atoms with van der Waals surface area (Å²) in [4.78, 5) is 0. The summed E-state index contributed by atoms with van der Waals surface area (Å²) in [6.45, 7) is 4.25. The third kappa shape index (κ3) is 3.83. The van der Waals surface area contributed by atoms with Gasteiger partial charge in [-0.05, 0) is 55.3 Å². The van der Waals surface area contributed by atoms with Crippen molar-refractivity contribution in [3.63, 3.8) is 0 Å². The van der Waals surface area contributed by atoms with E-state index in [1.165, 1.54) is 11.1 Å². The molecule has 19 heavy (non-hydrogen) atoms. The molecule has 100 valence electrons. The van der Waals surface area contributed by atoms with Gasteiger partial charge in [-0.1, -0.05) is 53.9 Å². The number of halogens is 3. The van der Waals surface area contributed by atoms with Crippen molar-refractivity contribution in [3.8, 4) is 0 Å². The molecule has 0 radical (unpaired) electrons. The molecule has 1 unspecified atom stereocenters. The molecule has 0 spiro atoms. The number of benzene rings is 2. The number of nitrogens with one attached hydrogen (secondary N) is 1. The van der Waals surface area contributed by atoms with Crippen molar-refractivity contribution < 1.29 is 0 Å². The van der Waals surface area contributed by atoms with Crippen LogP contribution in [0.5, 0.6) is 0 Å². The van der Waals surface area contributed by atoms with Crippen molar-refractivity contribution in [3.05, 3.63) is 60.9 Å². The smallest absolute Gasteiger partial charge is 0.0496 e. The maximum Gasteiger partial charge on any atom is 0.0496 e. The molecule has 2 aromatic rings. The third-order valence-corrected chi connectivity index (χ3v) is 5.04. The first kappa shape index (κ1) is 15.1. The van der Waals surface area contributed by atoms with Gasteiger partial charge in [0.2, 0.25) is 0 Å². The summed E-state index contributed by atoms with van der Waals surface area (Å²) in [5.74, 6) is 0. The van der Waals surface area contributed by atoms with Gasteiger partial charge in [0.1, 0.15) is 0 Å². The zero-order valence-corrected chi connectivity index (χ0v) is 15.4. The second-order valence-electron chi connectivity index (χ2n) is 4.50. The molecule has 0 aromatic heterocycles. The van der Waals surface area contributed by atoms with E-state index in [1.807, 2.05) is 0 Å². The summed E-state index contributed by atoms with van der Waals surface area (Å²) in [5.41, 5.74) is 3.60. The molecule has 0 aliphatic rings. The number of rotatable bonds is 3. The average molecular weight is 448 g/mol. The predicted molar refractivity (Wildman–Crippen MR) is 92.8 cm³/mol. The van der Waals surface area contributed by atoms with Crippen molar-refractivity contribution in [2.24, 2.45) is 0 Å². The lowest BCUT2D eigenvalue weighted by molar-refractivity contribution is 0.878. The summed E-state index contributed by atoms with van der Waals surface area (Å²) in [5, 5.41) is 3.52. The predicted octanol–water partition coefficient (Wildman–Crippen LogP) is 6.46. The van der Waals surface area contributed by atoms with Gasteiger partial charge in [-0.15, -0.1) is 0 Å². The summed E-state index contributed by atoms with van der Waals surface area (Å²) >= 11 is 10.6. The van der Waals surface area contributed by atoms with E-state index in [2.05, 4.69) is 103 Å². The molecule has 2 aromatic carbocycles. The zero-order chi connectivity index (χ0) is 14.0. The standard InChI is InChI=1S/C15H14Br3N/c1-9-7-12(4-6-14(9)17)19-10(2)13-5-3-11(16)8-15(13)18/h3-8,10,19H,1-2H3. The van der Waals surface area contributed by atoms with Crippen LogP contribution < -0.4 is 5.32 Å². The maximum absolute atomic E-state index is 3.61. The number of anilines is 1. The van der Waals surface area contributed by atoms with E-state index in [0.29, 0.717) is 0 Å². The Balaban J connectivity index is 2.20. The van der Waals surface area contributed by atoms with Gasteiger partial charge >= 0.3 is 0 Å². The Morgan fingerprint density at radius 2 is 1.68 bits per heavy atom. The molecule has 0 bridgehead atoms. The highest BCUT2D eigenvalue weighted by molar-refractivity contribution is 9.11. The molecule has 2 rings (SSSR count). The molecule has 0 saturated carbocycles. The monoisotopic (exact) mass is 445 g/mol. The minimum atomic E-state index is 0.239. The summed E-state index contributed by atoms with van der Waals surface area (Å²) in [6.07, 6.45) is 0. The first-order valence-electron chi connectivity index (χ1n) is 5.95. The van der Waals surface area contributed by atoms with Crippen LogP contribution in [0, 0.1) is 6.92 Å². The van der Waals surface area contributed by atoms with Crippen LogP contribution in [0.15, 0.2) is 49.8 Å². The Kier molecular flexibility index (Phi) is 5.09. The minimum absolute atomic E-state index is 0.239. The zero-order valence-electron chi connectivity index (χ0n) is 10.7. The van der Waals surface area contributed by atoms with Gasteiger partial charge in [0.15, 0.2) is 0 Å². The van der Waals surface area contributed by atoms with Crippen molar-refractivity contribution in [1.29, 1.82) is 0 Å². The lowest BCUT2D eigenvalue weighted by Crippen LogP contribution is -2.07. The van der Waals surface area contributed by atoms with Crippen molar-refractivity contribution >= 4 is 53.5 Å². The quantitative estimate of drug-likeness (QED) is 0.569. The van der Waals surface area contributed by atoms with Crippen molar-refractivity contribution in [2.75, 3.05) is 5.32 Å². The Bertz CT molecular complexity index is 596. The SMILES string of the molecule is Cc1cc(NC(C)c2ccc(Br)cc2Br)ccc1Br. The fourth-order valence-electron chi connectivity index (χ4n) is 1.91.